The highest BCUT2D eigenvalue weighted by Gasteiger charge is 2.49. The second-order valence-corrected chi connectivity index (χ2v) is 9.16. The van der Waals surface area contributed by atoms with Crippen LogP contribution in [0, 0.1) is 5.41 Å². The molecule has 0 spiro atoms. The summed E-state index contributed by atoms with van der Waals surface area (Å²) in [5.41, 5.74) is -0.381. The van der Waals surface area contributed by atoms with Crippen molar-refractivity contribution in [3.63, 3.8) is 0 Å². The fourth-order valence-corrected chi connectivity index (χ4v) is 3.54. The number of rotatable bonds is 13. The number of phosphoric ester groups is 1. The lowest BCUT2D eigenvalue weighted by atomic mass is 9.99. The summed E-state index contributed by atoms with van der Waals surface area (Å²) in [7, 11) is -9.06. The summed E-state index contributed by atoms with van der Waals surface area (Å²) in [4.78, 5) is 28.4. The second kappa shape index (κ2) is 11.1. The topological polar surface area (TPSA) is 127 Å². The highest BCUT2D eigenvalue weighted by atomic mass is 31.3. The van der Waals surface area contributed by atoms with Gasteiger partial charge in [-0.15, -0.1) is 0 Å². The van der Waals surface area contributed by atoms with E-state index in [1.165, 1.54) is 0 Å². The molecule has 0 fully saturated rings. The van der Waals surface area contributed by atoms with Gasteiger partial charge >= 0.3 is 16.0 Å². The van der Waals surface area contributed by atoms with Gasteiger partial charge in [0.05, 0.1) is 19.8 Å². The van der Waals surface area contributed by atoms with Gasteiger partial charge < -0.3 is 14.9 Å². The van der Waals surface area contributed by atoms with Crippen LogP contribution in [0.3, 0.4) is 0 Å². The number of ether oxygens (including phenoxy) is 1. The molecule has 140 valence electrons. The van der Waals surface area contributed by atoms with E-state index in [0.29, 0.717) is 13.2 Å². The normalized spacial score (nSPS) is 15.6. The molecule has 1 atom stereocenters. The van der Waals surface area contributed by atoms with Gasteiger partial charge in [0.15, 0.2) is 0 Å². The van der Waals surface area contributed by atoms with Gasteiger partial charge in [-0.1, -0.05) is 27.7 Å². The molecule has 0 aromatic heterocycles. The van der Waals surface area contributed by atoms with Crippen molar-refractivity contribution in [2.45, 2.75) is 34.1 Å². The number of nitrogens with one attached hydrogen (secondary N) is 1. The van der Waals surface area contributed by atoms with E-state index in [1.807, 2.05) is 0 Å². The van der Waals surface area contributed by atoms with E-state index in [4.69, 9.17) is 4.74 Å². The minimum Gasteiger partial charge on any atom is -0.378 e. The van der Waals surface area contributed by atoms with Gasteiger partial charge in [-0.2, -0.15) is 14.3 Å². The van der Waals surface area contributed by atoms with Gasteiger partial charge in [0.25, 0.3) is 0 Å². The molecule has 4 N–H and O–H groups in total. The van der Waals surface area contributed by atoms with Crippen LogP contribution in [0.4, 0.5) is 0 Å². The zero-order chi connectivity index (χ0) is 18.0. The van der Waals surface area contributed by atoms with Gasteiger partial charge in [-0.3, -0.25) is 4.52 Å². The van der Waals surface area contributed by atoms with E-state index in [-0.39, 0.29) is 25.2 Å². The first-order valence-corrected chi connectivity index (χ1v) is 10.5. The summed E-state index contributed by atoms with van der Waals surface area (Å²) < 4.78 is 30.5. The van der Waals surface area contributed by atoms with Gasteiger partial charge in [-0.25, -0.2) is 4.57 Å². The van der Waals surface area contributed by atoms with Gasteiger partial charge in [0, 0.05) is 6.54 Å². The highest BCUT2D eigenvalue weighted by molar-refractivity contribution is 7.65. The Bertz CT molecular complexity index is 361. The number of phosphoric acid groups is 1. The Morgan fingerprint density at radius 3 is 2.35 bits per heavy atom. The van der Waals surface area contributed by atoms with Crippen molar-refractivity contribution >= 4 is 16.0 Å². The second-order valence-electron chi connectivity index (χ2n) is 6.07. The third kappa shape index (κ3) is 15.6. The summed E-state index contributed by atoms with van der Waals surface area (Å²) in [5.74, 6) is 0. The van der Waals surface area contributed by atoms with Crippen molar-refractivity contribution in [2.75, 3.05) is 39.5 Å². The third-order valence-corrected chi connectivity index (χ3v) is 4.86. The zero-order valence-electron chi connectivity index (χ0n) is 14.2. The summed E-state index contributed by atoms with van der Waals surface area (Å²) in [6, 6.07) is 0. The SMILES string of the molecule is CCCNCCOCCO[P+](O)(O)OP(=O)(O)OCC(C)(C)C. The summed E-state index contributed by atoms with van der Waals surface area (Å²) in [5, 5.41) is 3.13. The van der Waals surface area contributed by atoms with Gasteiger partial charge in [0.1, 0.15) is 6.61 Å². The molecule has 0 heterocycles. The average molecular weight is 378 g/mol. The zero-order valence-corrected chi connectivity index (χ0v) is 16.0. The molecule has 9 nitrogen and oxygen atoms in total. The first-order chi connectivity index (χ1) is 10.5. The molecular weight excluding hydrogens is 348 g/mol. The van der Waals surface area contributed by atoms with Crippen LogP contribution in [-0.2, 0) is 22.7 Å². The first-order valence-electron chi connectivity index (χ1n) is 7.44. The molecule has 0 aliphatic rings. The number of hydrogen-bond donors (Lipinski definition) is 4. The molecule has 0 amide bonds. The molecule has 0 saturated heterocycles. The van der Waals surface area contributed by atoms with Crippen LogP contribution in [0.2, 0.25) is 0 Å². The van der Waals surface area contributed by atoms with Crippen LogP contribution in [0.15, 0.2) is 0 Å². The highest BCUT2D eigenvalue weighted by Crippen LogP contribution is 2.65. The van der Waals surface area contributed by atoms with Crippen LogP contribution in [0.5, 0.6) is 0 Å². The molecule has 0 rings (SSSR count). The van der Waals surface area contributed by atoms with E-state index >= 15 is 0 Å². The average Bonchev–Trinajstić information content (AvgIpc) is 2.38. The molecular formula is C12H30NO8P2+. The fraction of sp³-hybridized carbons (Fsp3) is 1.00. The van der Waals surface area contributed by atoms with Crippen molar-refractivity contribution in [1.82, 2.24) is 5.32 Å². The van der Waals surface area contributed by atoms with Crippen LogP contribution in [-0.4, -0.2) is 54.2 Å². The molecule has 1 unspecified atom stereocenters. The maximum atomic E-state index is 11.6. The lowest BCUT2D eigenvalue weighted by Gasteiger charge is -2.20. The summed E-state index contributed by atoms with van der Waals surface area (Å²) in [6.07, 6.45) is 1.03. The molecule has 0 saturated carbocycles. The minimum absolute atomic E-state index is 0.0886. The van der Waals surface area contributed by atoms with E-state index in [9.17, 15) is 19.2 Å². The van der Waals surface area contributed by atoms with Crippen LogP contribution in [0.25, 0.3) is 0 Å². The maximum Gasteiger partial charge on any atom is 0.580 e. The Morgan fingerprint density at radius 1 is 1.13 bits per heavy atom. The van der Waals surface area contributed by atoms with Gasteiger partial charge in [-0.05, 0) is 22.7 Å². The number of hydrogen-bond acceptors (Lipinski definition) is 8. The largest absolute Gasteiger partial charge is 0.580 e. The summed E-state index contributed by atoms with van der Waals surface area (Å²) in [6.45, 7) is 9.26. The van der Waals surface area contributed by atoms with Crippen LogP contribution in [0.1, 0.15) is 34.1 Å². The Balaban J connectivity index is 3.92. The van der Waals surface area contributed by atoms with Crippen molar-refractivity contribution in [2.24, 2.45) is 5.41 Å². The first kappa shape index (κ1) is 23.3. The third-order valence-electron chi connectivity index (χ3n) is 2.21. The summed E-state index contributed by atoms with van der Waals surface area (Å²) >= 11 is 0. The molecule has 0 aliphatic heterocycles. The molecule has 0 aliphatic carbocycles. The lowest BCUT2D eigenvalue weighted by molar-refractivity contribution is 0.0699. The van der Waals surface area contributed by atoms with E-state index in [1.54, 1.807) is 20.8 Å². The maximum absolute atomic E-state index is 11.6. The fourth-order valence-electron chi connectivity index (χ4n) is 1.22. The van der Waals surface area contributed by atoms with E-state index < -0.39 is 16.0 Å². The monoisotopic (exact) mass is 378 g/mol. The van der Waals surface area contributed by atoms with Crippen molar-refractivity contribution in [3.8, 4) is 0 Å². The Labute approximate surface area is 138 Å². The Hall–Kier alpha value is 0.340. The van der Waals surface area contributed by atoms with Gasteiger partial charge in [0.2, 0.25) is 0 Å². The molecule has 0 bridgehead atoms. The van der Waals surface area contributed by atoms with Crippen molar-refractivity contribution < 1.29 is 37.3 Å². The smallest absolute Gasteiger partial charge is 0.378 e. The molecule has 11 heteroatoms. The predicted octanol–water partition coefficient (Wildman–Crippen LogP) is 1.86. The molecule has 0 aromatic carbocycles. The molecule has 0 radical (unpaired) electrons. The van der Waals surface area contributed by atoms with Crippen molar-refractivity contribution in [3.05, 3.63) is 0 Å². The molecule has 23 heavy (non-hydrogen) atoms. The molecule has 0 aromatic rings. The standard InChI is InChI=1S/C12H29NO8P2/c1-5-6-13-7-8-18-9-10-19-22(14,15)21-23(16,17)20-11-12(2,3)4/h13-15H,5-11H2,1-4H3/p+1. The van der Waals surface area contributed by atoms with Crippen LogP contribution >= 0.6 is 16.0 Å². The quantitative estimate of drug-likeness (QED) is 0.280. The van der Waals surface area contributed by atoms with Crippen LogP contribution < -0.4 is 5.32 Å². The lowest BCUT2D eigenvalue weighted by Crippen LogP contribution is -2.21. The predicted molar refractivity (Wildman–Crippen MR) is 87.6 cm³/mol. The van der Waals surface area contributed by atoms with E-state index in [2.05, 4.69) is 25.6 Å². The van der Waals surface area contributed by atoms with E-state index in [0.717, 1.165) is 13.0 Å². The Morgan fingerprint density at radius 2 is 1.78 bits per heavy atom. The van der Waals surface area contributed by atoms with Crippen molar-refractivity contribution in [1.29, 1.82) is 0 Å². The minimum atomic E-state index is -4.61. The Kier molecular flexibility index (Phi) is 11.2.